The zero-order valence-electron chi connectivity index (χ0n) is 17.9. The lowest BCUT2D eigenvalue weighted by atomic mass is 10.0. The van der Waals surface area contributed by atoms with Gasteiger partial charge in [0.05, 0.1) is 5.69 Å². The summed E-state index contributed by atoms with van der Waals surface area (Å²) in [6.45, 7) is 3.18. The van der Waals surface area contributed by atoms with Gasteiger partial charge in [0.25, 0.3) is 0 Å². The fourth-order valence-corrected chi connectivity index (χ4v) is 2.91. The highest BCUT2D eigenvalue weighted by atomic mass is 19.4. The number of aliphatic hydroxyl groups is 1. The zero-order valence-corrected chi connectivity index (χ0v) is 17.9. The lowest BCUT2D eigenvalue weighted by Gasteiger charge is -2.17. The molecule has 176 valence electrons. The Kier molecular flexibility index (Phi) is 5.92. The molecule has 0 unspecified atom stereocenters. The molecular formula is C22H18F4N6O2. The molecule has 4 aromatic rings. The largest absolute Gasteiger partial charge is 0.439 e. The molecule has 8 nitrogen and oxygen atoms in total. The van der Waals surface area contributed by atoms with Gasteiger partial charge < -0.3 is 15.2 Å². The first-order chi connectivity index (χ1) is 16.0. The Balaban J connectivity index is 1.65. The molecule has 0 radical (unpaired) electrons. The van der Waals surface area contributed by atoms with E-state index in [1.54, 1.807) is 26.0 Å². The minimum absolute atomic E-state index is 0.112. The Hall–Kier alpha value is -4.06. The fraction of sp³-hybridized carbons (Fsp3) is 0.182. The van der Waals surface area contributed by atoms with E-state index in [1.807, 2.05) is 0 Å². The number of anilines is 2. The highest BCUT2D eigenvalue weighted by molar-refractivity contribution is 5.57. The molecule has 4 aromatic heterocycles. The smallest absolute Gasteiger partial charge is 0.435 e. The maximum Gasteiger partial charge on any atom is 0.435 e. The number of hydrogen-bond acceptors (Lipinski definition) is 7. The number of halogens is 4. The molecule has 0 aliphatic heterocycles. The van der Waals surface area contributed by atoms with Crippen LogP contribution in [0.3, 0.4) is 0 Å². The second-order valence-corrected chi connectivity index (χ2v) is 7.68. The van der Waals surface area contributed by atoms with Crippen LogP contribution in [0.1, 0.15) is 25.2 Å². The molecule has 4 rings (SSSR count). The second-order valence-electron chi connectivity index (χ2n) is 7.68. The molecule has 4 heterocycles. The Morgan fingerprint density at radius 3 is 2.41 bits per heavy atom. The van der Waals surface area contributed by atoms with E-state index in [2.05, 4.69) is 25.4 Å². The van der Waals surface area contributed by atoms with Gasteiger partial charge in [-0.25, -0.2) is 14.4 Å². The predicted molar refractivity (Wildman–Crippen MR) is 113 cm³/mol. The van der Waals surface area contributed by atoms with Gasteiger partial charge >= 0.3 is 6.18 Å². The standard InChI is InChI=1S/C22H18F4N6O2/c1-21(2,33)16-10-13(5-8-27-16)30-18-11-14(6-9-28-18)34-19-12-17(22(24,25)26)31-32(19)20-15(23)4-3-7-29-20/h3-12,33H,1-2H3,(H,27,28,30). The summed E-state index contributed by atoms with van der Waals surface area (Å²) < 4.78 is 60.3. The topological polar surface area (TPSA) is 98.0 Å². The van der Waals surface area contributed by atoms with Crippen molar-refractivity contribution in [2.75, 3.05) is 5.32 Å². The molecule has 12 heteroatoms. The lowest BCUT2D eigenvalue weighted by molar-refractivity contribution is -0.141. The van der Waals surface area contributed by atoms with Gasteiger partial charge in [0, 0.05) is 36.4 Å². The summed E-state index contributed by atoms with van der Waals surface area (Å²) in [5, 5.41) is 16.6. The van der Waals surface area contributed by atoms with E-state index in [0.717, 1.165) is 6.07 Å². The van der Waals surface area contributed by atoms with Gasteiger partial charge in [0.15, 0.2) is 17.3 Å². The Morgan fingerprint density at radius 2 is 1.71 bits per heavy atom. The first kappa shape index (κ1) is 23.1. The zero-order chi connectivity index (χ0) is 24.5. The SMILES string of the molecule is CC(C)(O)c1cc(Nc2cc(Oc3cc(C(F)(F)F)nn3-c3ncccc3F)ccn2)ccn1. The van der Waals surface area contributed by atoms with Crippen LogP contribution in [0.25, 0.3) is 5.82 Å². The van der Waals surface area contributed by atoms with Crippen molar-refractivity contribution in [3.05, 3.63) is 78.3 Å². The van der Waals surface area contributed by atoms with E-state index >= 15 is 0 Å². The van der Waals surface area contributed by atoms with Crippen molar-refractivity contribution < 1.29 is 27.4 Å². The van der Waals surface area contributed by atoms with Crippen molar-refractivity contribution in [2.24, 2.45) is 0 Å². The number of nitrogens with zero attached hydrogens (tertiary/aromatic N) is 5. The summed E-state index contributed by atoms with van der Waals surface area (Å²) in [4.78, 5) is 12.1. The Labute approximate surface area is 190 Å². The highest BCUT2D eigenvalue weighted by Crippen LogP contribution is 2.34. The Morgan fingerprint density at radius 1 is 0.941 bits per heavy atom. The molecule has 0 aromatic carbocycles. The third-order valence-corrected chi connectivity index (χ3v) is 4.52. The molecule has 0 saturated carbocycles. The van der Waals surface area contributed by atoms with E-state index < -0.39 is 35.0 Å². The molecule has 0 fully saturated rings. The maximum absolute atomic E-state index is 14.2. The average molecular weight is 474 g/mol. The van der Waals surface area contributed by atoms with Gasteiger partial charge in [-0.05, 0) is 44.2 Å². The summed E-state index contributed by atoms with van der Waals surface area (Å²) in [7, 11) is 0. The molecule has 0 aliphatic rings. The van der Waals surface area contributed by atoms with Crippen LogP contribution in [0.2, 0.25) is 0 Å². The van der Waals surface area contributed by atoms with Crippen LogP contribution in [0.4, 0.5) is 29.1 Å². The number of ether oxygens (including phenoxy) is 1. The quantitative estimate of drug-likeness (QED) is 0.381. The third kappa shape index (κ3) is 5.12. The van der Waals surface area contributed by atoms with E-state index in [1.165, 1.54) is 36.8 Å². The predicted octanol–water partition coefficient (Wildman–Crippen LogP) is 4.98. The van der Waals surface area contributed by atoms with Gasteiger partial charge in [-0.15, -0.1) is 0 Å². The van der Waals surface area contributed by atoms with Crippen LogP contribution < -0.4 is 10.1 Å². The van der Waals surface area contributed by atoms with Crippen LogP contribution >= 0.6 is 0 Å². The number of pyridine rings is 3. The number of hydrogen-bond donors (Lipinski definition) is 2. The monoisotopic (exact) mass is 474 g/mol. The maximum atomic E-state index is 14.2. The van der Waals surface area contributed by atoms with Crippen molar-refractivity contribution in [1.82, 2.24) is 24.7 Å². The van der Waals surface area contributed by atoms with Gasteiger partial charge in [0.1, 0.15) is 17.2 Å². The summed E-state index contributed by atoms with van der Waals surface area (Å²) in [6, 6.07) is 9.13. The highest BCUT2D eigenvalue weighted by Gasteiger charge is 2.36. The van der Waals surface area contributed by atoms with Crippen LogP contribution in [0, 0.1) is 5.82 Å². The van der Waals surface area contributed by atoms with E-state index in [0.29, 0.717) is 27.9 Å². The molecule has 34 heavy (non-hydrogen) atoms. The molecule has 0 bridgehead atoms. The lowest BCUT2D eigenvalue weighted by Crippen LogP contribution is -2.17. The van der Waals surface area contributed by atoms with Crippen LogP contribution in [0.5, 0.6) is 11.6 Å². The van der Waals surface area contributed by atoms with Gasteiger partial charge in [-0.1, -0.05) is 0 Å². The van der Waals surface area contributed by atoms with Crippen molar-refractivity contribution >= 4 is 11.5 Å². The summed E-state index contributed by atoms with van der Waals surface area (Å²) in [5.41, 5.74) is -1.44. The molecule has 2 N–H and O–H groups in total. The third-order valence-electron chi connectivity index (χ3n) is 4.52. The molecular weight excluding hydrogens is 456 g/mol. The fourth-order valence-electron chi connectivity index (χ4n) is 2.91. The van der Waals surface area contributed by atoms with E-state index in [-0.39, 0.29) is 5.75 Å². The van der Waals surface area contributed by atoms with Crippen molar-refractivity contribution in [2.45, 2.75) is 25.6 Å². The second kappa shape index (κ2) is 8.71. The normalized spacial score (nSPS) is 12.0. The average Bonchev–Trinajstić information content (AvgIpc) is 3.18. The van der Waals surface area contributed by atoms with Gasteiger partial charge in [-0.3, -0.25) is 4.98 Å². The van der Waals surface area contributed by atoms with Crippen LogP contribution in [-0.2, 0) is 11.8 Å². The molecule has 0 aliphatic carbocycles. The van der Waals surface area contributed by atoms with Gasteiger partial charge in [0.2, 0.25) is 5.88 Å². The van der Waals surface area contributed by atoms with Crippen LogP contribution in [-0.4, -0.2) is 29.8 Å². The van der Waals surface area contributed by atoms with Crippen LogP contribution in [0.15, 0.2) is 61.1 Å². The number of rotatable bonds is 6. The summed E-state index contributed by atoms with van der Waals surface area (Å²) >= 11 is 0. The minimum Gasteiger partial charge on any atom is -0.439 e. The van der Waals surface area contributed by atoms with E-state index in [9.17, 15) is 22.7 Å². The van der Waals surface area contributed by atoms with Crippen molar-refractivity contribution in [3.8, 4) is 17.4 Å². The number of alkyl halides is 3. The summed E-state index contributed by atoms with van der Waals surface area (Å²) in [5.74, 6) is -1.30. The van der Waals surface area contributed by atoms with Crippen molar-refractivity contribution in [1.29, 1.82) is 0 Å². The molecule has 0 atom stereocenters. The molecule has 0 spiro atoms. The summed E-state index contributed by atoms with van der Waals surface area (Å²) in [6.07, 6.45) is -0.668. The first-order valence-electron chi connectivity index (χ1n) is 9.89. The molecule has 0 amide bonds. The van der Waals surface area contributed by atoms with Gasteiger partial charge in [-0.2, -0.15) is 23.0 Å². The first-order valence-corrected chi connectivity index (χ1v) is 9.89. The van der Waals surface area contributed by atoms with Crippen molar-refractivity contribution in [3.63, 3.8) is 0 Å². The van der Waals surface area contributed by atoms with E-state index in [4.69, 9.17) is 4.74 Å². The minimum atomic E-state index is -4.78. The number of nitrogens with one attached hydrogen (secondary N) is 1. The number of aromatic nitrogens is 5. The molecule has 0 saturated heterocycles. The Bertz CT molecular complexity index is 1320.